The van der Waals surface area contributed by atoms with E-state index in [1.807, 2.05) is 0 Å². The molecule has 2 heteroatoms. The zero-order valence-corrected chi connectivity index (χ0v) is 24.2. The van der Waals surface area contributed by atoms with Crippen LogP contribution >= 0.6 is 7.92 Å². The van der Waals surface area contributed by atoms with Gasteiger partial charge in [-0.2, -0.15) is 0 Å². The van der Waals surface area contributed by atoms with E-state index in [-0.39, 0.29) is 0 Å². The van der Waals surface area contributed by atoms with E-state index in [1.54, 1.807) is 0 Å². The number of nitrogens with zero attached hydrogens (tertiary/aromatic N) is 1. The summed E-state index contributed by atoms with van der Waals surface area (Å²) < 4.78 is 0. The van der Waals surface area contributed by atoms with Crippen LogP contribution in [0.2, 0.25) is 0 Å². The molecule has 0 N–H and O–H groups in total. The van der Waals surface area contributed by atoms with Crippen LogP contribution in [0.25, 0.3) is 0 Å². The summed E-state index contributed by atoms with van der Waals surface area (Å²) in [6.07, 6.45) is 3.53. The quantitative estimate of drug-likeness (QED) is 0.301. The van der Waals surface area contributed by atoms with Crippen LogP contribution in [0.4, 0.5) is 5.69 Å². The number of benzene rings is 3. The Labute approximate surface area is 221 Å². The second kappa shape index (κ2) is 11.4. The van der Waals surface area contributed by atoms with Crippen LogP contribution in [0.3, 0.4) is 0 Å². The van der Waals surface area contributed by atoms with Crippen LogP contribution in [0.1, 0.15) is 90.7 Å². The first-order chi connectivity index (χ1) is 17.2. The van der Waals surface area contributed by atoms with Crippen molar-refractivity contribution in [1.29, 1.82) is 0 Å². The Morgan fingerprint density at radius 2 is 1.22 bits per heavy atom. The van der Waals surface area contributed by atoms with Crippen molar-refractivity contribution in [2.45, 2.75) is 85.2 Å². The molecule has 2 unspecified atom stereocenters. The zero-order chi connectivity index (χ0) is 25.9. The number of rotatable bonds is 6. The molecule has 1 saturated carbocycles. The van der Waals surface area contributed by atoms with Crippen LogP contribution in [-0.2, 0) is 0 Å². The maximum absolute atomic E-state index is 5.66. The molecule has 0 radical (unpaired) electrons. The average molecular weight is 498 g/mol. The van der Waals surface area contributed by atoms with Crippen molar-refractivity contribution in [2.24, 2.45) is 16.3 Å². The van der Waals surface area contributed by atoms with Crippen LogP contribution in [0.5, 0.6) is 0 Å². The fraction of sp³-hybridized carbons (Fsp3) is 0.441. The maximum atomic E-state index is 5.66. The van der Waals surface area contributed by atoms with Crippen molar-refractivity contribution in [3.63, 3.8) is 0 Å². The number of hydrogen-bond donors (Lipinski definition) is 0. The number of hydrogen-bond acceptors (Lipinski definition) is 1. The molecule has 4 rings (SSSR count). The highest BCUT2D eigenvalue weighted by Crippen LogP contribution is 2.50. The van der Waals surface area contributed by atoms with Gasteiger partial charge in [-0.15, -0.1) is 0 Å². The number of aliphatic imine (C=N–C) groups is 1. The SMILES string of the molecule is CC(C)c1cccc(C(C)C)c1N=C1CCC(C(C)(C)C)CC1P(c1ccccc1)c1ccccc1. The molecule has 0 aliphatic heterocycles. The molecular formula is C34H44NP. The molecule has 0 spiro atoms. The second-order valence-electron chi connectivity index (χ2n) is 12.1. The summed E-state index contributed by atoms with van der Waals surface area (Å²) in [7, 11) is -0.559. The first-order valence-electron chi connectivity index (χ1n) is 13.8. The lowest BCUT2D eigenvalue weighted by molar-refractivity contribution is 0.210. The summed E-state index contributed by atoms with van der Waals surface area (Å²) in [6, 6.07) is 29.3. The minimum Gasteiger partial charge on any atom is -0.257 e. The van der Waals surface area contributed by atoms with Crippen LogP contribution in [0, 0.1) is 11.3 Å². The minimum atomic E-state index is -0.559. The Morgan fingerprint density at radius 1 is 0.722 bits per heavy atom. The molecule has 1 nitrogen and oxygen atoms in total. The van der Waals surface area contributed by atoms with E-state index < -0.39 is 7.92 Å². The minimum absolute atomic E-state index is 0.303. The van der Waals surface area contributed by atoms with E-state index in [2.05, 4.69) is 127 Å². The van der Waals surface area contributed by atoms with E-state index in [4.69, 9.17) is 4.99 Å². The van der Waals surface area contributed by atoms with Crippen molar-refractivity contribution < 1.29 is 0 Å². The molecule has 3 aromatic rings. The van der Waals surface area contributed by atoms with Gasteiger partial charge in [-0.3, -0.25) is 4.99 Å². The van der Waals surface area contributed by atoms with Gasteiger partial charge in [0.1, 0.15) is 0 Å². The van der Waals surface area contributed by atoms with Gasteiger partial charge in [-0.1, -0.05) is 127 Å². The molecule has 2 atom stereocenters. The molecule has 0 saturated heterocycles. The van der Waals surface area contributed by atoms with E-state index in [1.165, 1.54) is 46.0 Å². The van der Waals surface area contributed by atoms with Gasteiger partial charge in [-0.25, -0.2) is 0 Å². The summed E-state index contributed by atoms with van der Waals surface area (Å²) in [6.45, 7) is 16.5. The van der Waals surface area contributed by atoms with Gasteiger partial charge in [0.15, 0.2) is 0 Å². The Balaban J connectivity index is 1.91. The highest BCUT2D eigenvalue weighted by atomic mass is 31.1. The van der Waals surface area contributed by atoms with Crippen molar-refractivity contribution in [1.82, 2.24) is 0 Å². The lowest BCUT2D eigenvalue weighted by Crippen LogP contribution is -2.38. The molecule has 1 fully saturated rings. The maximum Gasteiger partial charge on any atom is 0.0698 e. The second-order valence-corrected chi connectivity index (χ2v) is 14.5. The summed E-state index contributed by atoms with van der Waals surface area (Å²) in [5.74, 6) is 1.61. The van der Waals surface area contributed by atoms with Crippen molar-refractivity contribution in [3.05, 3.63) is 90.0 Å². The predicted molar refractivity (Wildman–Crippen MR) is 161 cm³/mol. The van der Waals surface area contributed by atoms with Gasteiger partial charge < -0.3 is 0 Å². The Morgan fingerprint density at radius 3 is 1.67 bits per heavy atom. The molecule has 0 heterocycles. The molecule has 0 bridgehead atoms. The predicted octanol–water partition coefficient (Wildman–Crippen LogP) is 9.35. The smallest absolute Gasteiger partial charge is 0.0698 e. The topological polar surface area (TPSA) is 12.4 Å². The fourth-order valence-corrected chi connectivity index (χ4v) is 8.61. The van der Waals surface area contributed by atoms with Crippen LogP contribution < -0.4 is 10.6 Å². The fourth-order valence-electron chi connectivity index (χ4n) is 5.65. The molecule has 3 aromatic carbocycles. The molecule has 0 amide bonds. The van der Waals surface area contributed by atoms with Gasteiger partial charge in [0.05, 0.1) is 5.69 Å². The first kappa shape index (κ1) is 26.8. The normalized spacial score (nSPS) is 20.0. The Hall–Kier alpha value is -2.24. The van der Waals surface area contributed by atoms with Gasteiger partial charge in [0.25, 0.3) is 0 Å². The highest BCUT2D eigenvalue weighted by Gasteiger charge is 2.39. The lowest BCUT2D eigenvalue weighted by Gasteiger charge is -2.42. The highest BCUT2D eigenvalue weighted by molar-refractivity contribution is 7.74. The molecule has 0 aromatic heterocycles. The van der Waals surface area contributed by atoms with E-state index in [0.717, 1.165) is 6.42 Å². The van der Waals surface area contributed by atoms with E-state index in [9.17, 15) is 0 Å². The number of para-hydroxylation sites is 1. The van der Waals surface area contributed by atoms with Crippen molar-refractivity contribution in [3.8, 4) is 0 Å². The molecule has 1 aliphatic carbocycles. The summed E-state index contributed by atoms with van der Waals surface area (Å²) in [5.41, 5.74) is 6.18. The van der Waals surface area contributed by atoms with Gasteiger partial charge in [0.2, 0.25) is 0 Å². The summed E-state index contributed by atoms with van der Waals surface area (Å²) >= 11 is 0. The molecule has 190 valence electrons. The van der Waals surface area contributed by atoms with Crippen molar-refractivity contribution >= 4 is 29.9 Å². The van der Waals surface area contributed by atoms with Crippen LogP contribution in [0.15, 0.2) is 83.9 Å². The largest absolute Gasteiger partial charge is 0.257 e. The Bertz CT molecular complexity index is 1090. The first-order valence-corrected chi connectivity index (χ1v) is 15.2. The van der Waals surface area contributed by atoms with Crippen molar-refractivity contribution in [2.75, 3.05) is 0 Å². The zero-order valence-electron chi connectivity index (χ0n) is 23.3. The third-order valence-corrected chi connectivity index (χ3v) is 10.7. The summed E-state index contributed by atoms with van der Waals surface area (Å²) in [5, 5.41) is 2.93. The van der Waals surface area contributed by atoms with E-state index >= 15 is 0 Å². The van der Waals surface area contributed by atoms with Gasteiger partial charge in [0, 0.05) is 11.4 Å². The van der Waals surface area contributed by atoms with Gasteiger partial charge in [-0.05, 0) is 72.1 Å². The molecule has 36 heavy (non-hydrogen) atoms. The lowest BCUT2D eigenvalue weighted by atomic mass is 9.72. The standard InChI is InChI=1S/C34H44NP/c1-24(2)29-19-14-20-30(25(3)4)33(29)35-31-22-21-26(34(5,6)7)23-32(31)36(27-15-10-8-11-16-27)28-17-12-9-13-18-28/h8-20,24-26,32H,21-23H2,1-7H3. The third-order valence-electron chi connectivity index (χ3n) is 7.84. The van der Waals surface area contributed by atoms with E-state index in [0.29, 0.717) is 28.8 Å². The van der Waals surface area contributed by atoms with Gasteiger partial charge >= 0.3 is 0 Å². The summed E-state index contributed by atoms with van der Waals surface area (Å²) in [4.78, 5) is 5.66. The third kappa shape index (κ3) is 6.00. The van der Waals surface area contributed by atoms with Crippen LogP contribution in [-0.4, -0.2) is 11.4 Å². The molecule has 1 aliphatic rings. The molecular weight excluding hydrogens is 453 g/mol. The monoisotopic (exact) mass is 497 g/mol. The Kier molecular flexibility index (Phi) is 8.52. The average Bonchev–Trinajstić information content (AvgIpc) is 2.85.